The summed E-state index contributed by atoms with van der Waals surface area (Å²) in [4.78, 5) is 13.3. The fourth-order valence-corrected chi connectivity index (χ4v) is 3.56. The Morgan fingerprint density at radius 1 is 1.21 bits per heavy atom. The molecule has 4 nitrogen and oxygen atoms in total. The van der Waals surface area contributed by atoms with Crippen molar-refractivity contribution in [3.05, 3.63) is 81.9 Å². The Morgan fingerprint density at radius 2 is 1.93 bits per heavy atom. The highest BCUT2D eigenvalue weighted by atomic mass is 35.5. The zero-order valence-electron chi connectivity index (χ0n) is 15.8. The molecule has 146 valence electrons. The van der Waals surface area contributed by atoms with Gasteiger partial charge in [-0.2, -0.15) is 15.4 Å². The number of rotatable bonds is 5. The van der Waals surface area contributed by atoms with E-state index in [0.717, 1.165) is 5.56 Å². The lowest BCUT2D eigenvalue weighted by Gasteiger charge is -2.13. The molecule has 0 fully saturated rings. The van der Waals surface area contributed by atoms with Gasteiger partial charge in [-0.25, -0.2) is 0 Å². The fourth-order valence-electron chi connectivity index (χ4n) is 2.91. The van der Waals surface area contributed by atoms with Crippen molar-refractivity contribution in [2.45, 2.75) is 12.2 Å². The monoisotopic (exact) mass is 441 g/mol. The highest BCUT2D eigenvalue weighted by molar-refractivity contribution is 7.99. The zero-order valence-corrected chi connectivity index (χ0v) is 18.1. The Bertz CT molecular complexity index is 1070. The second kappa shape index (κ2) is 9.32. The van der Waals surface area contributed by atoms with Gasteiger partial charge in [-0.3, -0.25) is 4.79 Å². The fraction of sp³-hybridized carbons (Fsp3) is 0.136. The molecule has 0 saturated carbocycles. The molecule has 0 N–H and O–H groups in total. The smallest absolute Gasteiger partial charge is 0.267 e. The summed E-state index contributed by atoms with van der Waals surface area (Å²) in [5, 5.41) is 15.9. The van der Waals surface area contributed by atoms with Crippen molar-refractivity contribution in [1.82, 2.24) is 0 Å². The topological polar surface area (TPSA) is 56.5 Å². The molecular formula is C22H17Cl2N3OS. The van der Waals surface area contributed by atoms with Crippen LogP contribution in [-0.2, 0) is 4.79 Å². The number of carbonyl (C=O) groups is 1. The van der Waals surface area contributed by atoms with Crippen LogP contribution in [0.15, 0.2) is 71.4 Å². The summed E-state index contributed by atoms with van der Waals surface area (Å²) >= 11 is 13.5. The van der Waals surface area contributed by atoms with E-state index in [1.165, 1.54) is 16.8 Å². The van der Waals surface area contributed by atoms with Crippen LogP contribution >= 0.6 is 35.0 Å². The van der Waals surface area contributed by atoms with E-state index in [9.17, 15) is 10.1 Å². The van der Waals surface area contributed by atoms with Crippen LogP contribution in [0, 0.1) is 11.3 Å². The summed E-state index contributed by atoms with van der Waals surface area (Å²) in [7, 11) is 0. The van der Waals surface area contributed by atoms with E-state index >= 15 is 0 Å². The van der Waals surface area contributed by atoms with Crippen molar-refractivity contribution < 1.29 is 4.79 Å². The van der Waals surface area contributed by atoms with Gasteiger partial charge in [0.2, 0.25) is 0 Å². The van der Waals surface area contributed by atoms with Gasteiger partial charge in [-0.05, 0) is 54.6 Å². The van der Waals surface area contributed by atoms with Crippen molar-refractivity contribution in [2.75, 3.05) is 11.3 Å². The molecule has 1 heterocycles. The molecule has 3 rings (SSSR count). The summed E-state index contributed by atoms with van der Waals surface area (Å²) in [6, 6.07) is 16.4. The summed E-state index contributed by atoms with van der Waals surface area (Å²) < 4.78 is 0. The first kappa shape index (κ1) is 21.2. The van der Waals surface area contributed by atoms with Crippen molar-refractivity contribution in [3.8, 4) is 6.07 Å². The summed E-state index contributed by atoms with van der Waals surface area (Å²) in [5.41, 5.74) is 3.15. The largest absolute Gasteiger partial charge is 0.281 e. The van der Waals surface area contributed by atoms with Crippen molar-refractivity contribution in [3.63, 3.8) is 0 Å². The first-order chi connectivity index (χ1) is 13.9. The van der Waals surface area contributed by atoms with Crippen molar-refractivity contribution >= 4 is 57.8 Å². The Labute approximate surface area is 184 Å². The Kier molecular flexibility index (Phi) is 6.81. The molecule has 1 aliphatic heterocycles. The van der Waals surface area contributed by atoms with E-state index in [0.29, 0.717) is 32.6 Å². The lowest BCUT2D eigenvalue weighted by Crippen LogP contribution is -2.22. The molecule has 0 saturated heterocycles. The van der Waals surface area contributed by atoms with Gasteiger partial charge in [0, 0.05) is 10.0 Å². The number of nitriles is 1. The molecule has 2 aromatic carbocycles. The minimum atomic E-state index is -0.323. The summed E-state index contributed by atoms with van der Waals surface area (Å²) in [6.07, 6.45) is 5.45. The highest BCUT2D eigenvalue weighted by Crippen LogP contribution is 2.32. The quantitative estimate of drug-likeness (QED) is 0.535. The number of benzene rings is 2. The van der Waals surface area contributed by atoms with Crippen LogP contribution in [0.4, 0.5) is 5.69 Å². The molecular weight excluding hydrogens is 425 g/mol. The minimum absolute atomic E-state index is 0.253. The van der Waals surface area contributed by atoms with Gasteiger partial charge in [0.1, 0.15) is 5.25 Å². The van der Waals surface area contributed by atoms with Crippen LogP contribution in [0.1, 0.15) is 12.5 Å². The normalized spacial score (nSPS) is 16.7. The number of amides is 1. The van der Waals surface area contributed by atoms with Gasteiger partial charge in [-0.15, -0.1) is 11.8 Å². The number of carbonyl (C=O) groups excluding carboxylic acids is 1. The predicted octanol–water partition coefficient (Wildman–Crippen LogP) is 5.98. The van der Waals surface area contributed by atoms with Crippen molar-refractivity contribution in [2.24, 2.45) is 5.10 Å². The second-order valence-corrected chi connectivity index (χ2v) is 8.07. The standard InChI is InChI=1S/C22H17Cl2N3OS/c1-14-21(22(28)27(26-14)18-5-3-4-17(24)12-18)20(11-10-19(13-25)29-2)15-6-8-16(23)9-7-15/h3-12,19H,1-2H3/b11-10+,21-20+. The molecule has 0 radical (unpaired) electrons. The van der Waals surface area contributed by atoms with E-state index in [1.807, 2.05) is 18.4 Å². The molecule has 29 heavy (non-hydrogen) atoms. The lowest BCUT2D eigenvalue weighted by atomic mass is 9.96. The van der Waals surface area contributed by atoms with E-state index in [4.69, 9.17) is 23.2 Å². The van der Waals surface area contributed by atoms with E-state index < -0.39 is 0 Å². The third-order valence-corrected chi connectivity index (χ3v) is 5.57. The third kappa shape index (κ3) is 4.73. The van der Waals surface area contributed by atoms with E-state index in [1.54, 1.807) is 55.5 Å². The van der Waals surface area contributed by atoms with Gasteiger partial charge in [0.25, 0.3) is 5.91 Å². The number of allylic oxidation sites excluding steroid dienone is 2. The maximum Gasteiger partial charge on any atom is 0.281 e. The average molecular weight is 442 g/mol. The van der Waals surface area contributed by atoms with E-state index in [2.05, 4.69) is 11.2 Å². The van der Waals surface area contributed by atoms with Gasteiger partial charge < -0.3 is 0 Å². The molecule has 0 bridgehead atoms. The van der Waals surface area contributed by atoms with Gasteiger partial charge >= 0.3 is 0 Å². The second-order valence-electron chi connectivity index (χ2n) is 6.22. The molecule has 0 aromatic heterocycles. The van der Waals surface area contributed by atoms with Crippen LogP contribution in [0.2, 0.25) is 10.0 Å². The average Bonchev–Trinajstić information content (AvgIpc) is 3.01. The van der Waals surface area contributed by atoms with Gasteiger partial charge in [0.05, 0.1) is 23.0 Å². The predicted molar refractivity (Wildman–Crippen MR) is 122 cm³/mol. The number of anilines is 1. The number of hydrogen-bond donors (Lipinski definition) is 0. The van der Waals surface area contributed by atoms with Gasteiger partial charge in [-0.1, -0.05) is 53.6 Å². The molecule has 0 aliphatic carbocycles. The van der Waals surface area contributed by atoms with Crippen LogP contribution < -0.4 is 5.01 Å². The molecule has 1 unspecified atom stereocenters. The molecule has 1 atom stereocenters. The third-order valence-electron chi connectivity index (χ3n) is 4.31. The molecule has 7 heteroatoms. The summed E-state index contributed by atoms with van der Waals surface area (Å²) in [5.74, 6) is -0.253. The van der Waals surface area contributed by atoms with Crippen LogP contribution in [0.5, 0.6) is 0 Å². The number of thioether (sulfide) groups is 1. The SMILES string of the molecule is CSC(C#N)/C=C/C(=C1\C(=O)N(c2cccc(Cl)c2)N=C1C)c1ccc(Cl)cc1. The Morgan fingerprint density at radius 3 is 2.55 bits per heavy atom. The van der Waals surface area contributed by atoms with Crippen LogP contribution in [-0.4, -0.2) is 23.1 Å². The zero-order chi connectivity index (χ0) is 21.0. The maximum absolute atomic E-state index is 13.3. The lowest BCUT2D eigenvalue weighted by molar-refractivity contribution is -0.114. The number of hydrogen-bond acceptors (Lipinski definition) is 4. The molecule has 1 aliphatic rings. The first-order valence-corrected chi connectivity index (χ1v) is 10.8. The minimum Gasteiger partial charge on any atom is -0.267 e. The Hall–Kier alpha value is -2.52. The van der Waals surface area contributed by atoms with Crippen molar-refractivity contribution in [1.29, 1.82) is 5.26 Å². The first-order valence-electron chi connectivity index (χ1n) is 8.71. The number of hydrazone groups is 1. The number of nitrogens with zero attached hydrogens (tertiary/aromatic N) is 3. The van der Waals surface area contributed by atoms with Crippen LogP contribution in [0.25, 0.3) is 5.57 Å². The van der Waals surface area contributed by atoms with Crippen LogP contribution in [0.3, 0.4) is 0 Å². The molecule has 1 amide bonds. The number of halogens is 2. The maximum atomic E-state index is 13.3. The molecule has 0 spiro atoms. The summed E-state index contributed by atoms with van der Waals surface area (Å²) in [6.45, 7) is 1.79. The van der Waals surface area contributed by atoms with E-state index in [-0.39, 0.29) is 11.2 Å². The molecule has 2 aromatic rings. The Balaban J connectivity index is 2.12. The highest BCUT2D eigenvalue weighted by Gasteiger charge is 2.31. The van der Waals surface area contributed by atoms with Gasteiger partial charge in [0.15, 0.2) is 0 Å².